The third-order valence-corrected chi connectivity index (χ3v) is 1.64. The van der Waals surface area contributed by atoms with Crippen LogP contribution in [0.5, 0.6) is 0 Å². The molecule has 1 aromatic heterocycles. The molecule has 1 unspecified atom stereocenters. The number of aryl methyl sites for hydroxylation is 2. The first-order chi connectivity index (χ1) is 5.16. The summed E-state index contributed by atoms with van der Waals surface area (Å²) >= 11 is 0. The molecule has 1 atom stereocenters. The number of rotatable bonds is 1. The highest BCUT2D eigenvalue weighted by Crippen LogP contribution is 2.15. The molecule has 11 heavy (non-hydrogen) atoms. The highest BCUT2D eigenvalue weighted by atomic mass is 15.1. The van der Waals surface area contributed by atoms with Gasteiger partial charge in [-0.3, -0.25) is 5.10 Å². The van der Waals surface area contributed by atoms with E-state index in [0.717, 1.165) is 17.0 Å². The van der Waals surface area contributed by atoms with E-state index in [1.165, 1.54) is 0 Å². The van der Waals surface area contributed by atoms with Crippen molar-refractivity contribution in [2.24, 2.45) is 5.73 Å². The fourth-order valence-corrected chi connectivity index (χ4v) is 1.08. The maximum Gasteiger partial charge on any atom is 0.122 e. The maximum atomic E-state index is 8.54. The van der Waals surface area contributed by atoms with Crippen molar-refractivity contribution in [3.05, 3.63) is 17.0 Å². The fraction of sp³-hybridized carbons (Fsp3) is 0.429. The Labute approximate surface area is 65.0 Å². The third-order valence-electron chi connectivity index (χ3n) is 1.64. The van der Waals surface area contributed by atoms with Gasteiger partial charge < -0.3 is 5.73 Å². The Morgan fingerprint density at radius 3 is 2.64 bits per heavy atom. The third kappa shape index (κ3) is 1.23. The van der Waals surface area contributed by atoms with Crippen LogP contribution in [0.1, 0.15) is 23.0 Å². The molecule has 1 heterocycles. The average Bonchev–Trinajstić information content (AvgIpc) is 2.30. The maximum absolute atomic E-state index is 8.54. The van der Waals surface area contributed by atoms with E-state index in [-0.39, 0.29) is 0 Å². The van der Waals surface area contributed by atoms with Gasteiger partial charge >= 0.3 is 0 Å². The number of nitrogens with one attached hydrogen (secondary N) is 1. The molecular formula is C7H10N4. The summed E-state index contributed by atoms with van der Waals surface area (Å²) in [5.74, 6) is 0. The standard InChI is InChI=1S/C7H10N4/c1-4-7(6(9)3-8)5(2)11-10-4/h6H,9H2,1-2H3,(H,10,11). The largest absolute Gasteiger partial charge is 0.312 e. The zero-order chi connectivity index (χ0) is 8.43. The number of hydrogen-bond donors (Lipinski definition) is 2. The Hall–Kier alpha value is -1.34. The van der Waals surface area contributed by atoms with Gasteiger partial charge in [0.25, 0.3) is 0 Å². The molecule has 0 amide bonds. The van der Waals surface area contributed by atoms with E-state index < -0.39 is 6.04 Å². The van der Waals surface area contributed by atoms with E-state index in [0.29, 0.717) is 0 Å². The molecule has 0 aromatic carbocycles. The Morgan fingerprint density at radius 1 is 1.64 bits per heavy atom. The van der Waals surface area contributed by atoms with E-state index in [1.54, 1.807) is 0 Å². The van der Waals surface area contributed by atoms with Crippen LogP contribution in [0, 0.1) is 25.2 Å². The Bertz CT molecular complexity index is 274. The molecule has 0 radical (unpaired) electrons. The van der Waals surface area contributed by atoms with Crippen LogP contribution in [0.2, 0.25) is 0 Å². The van der Waals surface area contributed by atoms with Crippen LogP contribution in [0.3, 0.4) is 0 Å². The van der Waals surface area contributed by atoms with Crippen LogP contribution in [-0.2, 0) is 0 Å². The number of nitriles is 1. The number of nitrogens with two attached hydrogens (primary N) is 1. The lowest BCUT2D eigenvalue weighted by Crippen LogP contribution is -2.08. The van der Waals surface area contributed by atoms with Gasteiger partial charge in [-0.1, -0.05) is 0 Å². The molecule has 0 spiro atoms. The van der Waals surface area contributed by atoms with E-state index in [2.05, 4.69) is 10.2 Å². The van der Waals surface area contributed by atoms with Crippen molar-refractivity contribution in [1.82, 2.24) is 10.2 Å². The topological polar surface area (TPSA) is 78.5 Å². The first-order valence-corrected chi connectivity index (χ1v) is 3.33. The van der Waals surface area contributed by atoms with Crippen molar-refractivity contribution in [2.45, 2.75) is 19.9 Å². The summed E-state index contributed by atoms with van der Waals surface area (Å²) in [6.45, 7) is 3.68. The zero-order valence-corrected chi connectivity index (χ0v) is 6.55. The van der Waals surface area contributed by atoms with E-state index in [4.69, 9.17) is 11.0 Å². The van der Waals surface area contributed by atoms with Crippen LogP contribution in [0.4, 0.5) is 0 Å². The molecule has 0 aliphatic heterocycles. The molecule has 3 N–H and O–H groups in total. The first kappa shape index (κ1) is 7.76. The van der Waals surface area contributed by atoms with Crippen molar-refractivity contribution in [3.8, 4) is 6.07 Å². The summed E-state index contributed by atoms with van der Waals surface area (Å²) in [6, 6.07) is 1.41. The predicted molar refractivity (Wildman–Crippen MR) is 40.6 cm³/mol. The van der Waals surface area contributed by atoms with Gasteiger partial charge in [0, 0.05) is 11.3 Å². The SMILES string of the molecule is Cc1n[nH]c(C)c1C(N)C#N. The molecule has 0 aliphatic rings. The van der Waals surface area contributed by atoms with Gasteiger partial charge in [-0.2, -0.15) is 10.4 Å². The number of hydrogen-bond acceptors (Lipinski definition) is 3. The molecule has 1 aromatic rings. The van der Waals surface area contributed by atoms with Crippen molar-refractivity contribution >= 4 is 0 Å². The highest BCUT2D eigenvalue weighted by molar-refractivity contribution is 5.30. The van der Waals surface area contributed by atoms with Crippen molar-refractivity contribution in [3.63, 3.8) is 0 Å². The van der Waals surface area contributed by atoms with Crippen LogP contribution in [0.15, 0.2) is 0 Å². The lowest BCUT2D eigenvalue weighted by Gasteiger charge is -2.00. The lowest BCUT2D eigenvalue weighted by molar-refractivity contribution is 0.904. The fourth-order valence-electron chi connectivity index (χ4n) is 1.08. The zero-order valence-electron chi connectivity index (χ0n) is 6.55. The van der Waals surface area contributed by atoms with E-state index in [1.807, 2.05) is 19.9 Å². The molecule has 0 aliphatic carbocycles. The minimum atomic E-state index is -0.561. The Morgan fingerprint density at radius 2 is 2.27 bits per heavy atom. The minimum Gasteiger partial charge on any atom is -0.312 e. The smallest absolute Gasteiger partial charge is 0.122 e. The average molecular weight is 150 g/mol. The van der Waals surface area contributed by atoms with Crippen molar-refractivity contribution in [1.29, 1.82) is 5.26 Å². The number of aromatic amines is 1. The van der Waals surface area contributed by atoms with Gasteiger partial charge in [-0.05, 0) is 13.8 Å². The molecular weight excluding hydrogens is 140 g/mol. The van der Waals surface area contributed by atoms with Gasteiger partial charge in [0.2, 0.25) is 0 Å². The van der Waals surface area contributed by atoms with Gasteiger partial charge in [-0.15, -0.1) is 0 Å². The van der Waals surface area contributed by atoms with Crippen LogP contribution in [-0.4, -0.2) is 10.2 Å². The summed E-state index contributed by atoms with van der Waals surface area (Å²) in [7, 11) is 0. The van der Waals surface area contributed by atoms with Gasteiger partial charge in [0.15, 0.2) is 0 Å². The summed E-state index contributed by atoms with van der Waals surface area (Å²) in [4.78, 5) is 0. The molecule has 0 saturated heterocycles. The number of H-pyrrole nitrogens is 1. The summed E-state index contributed by atoms with van der Waals surface area (Å²) in [6.07, 6.45) is 0. The Balaban J connectivity index is 3.12. The second-order valence-corrected chi connectivity index (χ2v) is 2.45. The van der Waals surface area contributed by atoms with Gasteiger partial charge in [-0.25, -0.2) is 0 Å². The normalized spacial score (nSPS) is 12.5. The molecule has 0 bridgehead atoms. The first-order valence-electron chi connectivity index (χ1n) is 3.33. The van der Waals surface area contributed by atoms with Crippen molar-refractivity contribution in [2.75, 3.05) is 0 Å². The Kier molecular flexibility index (Phi) is 1.92. The predicted octanol–water partition coefficient (Wildman–Crippen LogP) is 0.550. The molecule has 4 heteroatoms. The minimum absolute atomic E-state index is 0.561. The van der Waals surface area contributed by atoms with Crippen LogP contribution < -0.4 is 5.73 Å². The number of nitrogens with zero attached hydrogens (tertiary/aromatic N) is 2. The van der Waals surface area contributed by atoms with Gasteiger partial charge in [0.05, 0.1) is 11.8 Å². The second kappa shape index (κ2) is 2.72. The number of aromatic nitrogens is 2. The quantitative estimate of drug-likeness (QED) is 0.613. The summed E-state index contributed by atoms with van der Waals surface area (Å²) in [5, 5.41) is 15.2. The molecule has 0 fully saturated rings. The second-order valence-electron chi connectivity index (χ2n) is 2.45. The molecule has 58 valence electrons. The van der Waals surface area contributed by atoms with Gasteiger partial charge in [0.1, 0.15) is 6.04 Å². The van der Waals surface area contributed by atoms with Crippen molar-refractivity contribution < 1.29 is 0 Å². The van der Waals surface area contributed by atoms with Crippen LogP contribution >= 0.6 is 0 Å². The van der Waals surface area contributed by atoms with Crippen LogP contribution in [0.25, 0.3) is 0 Å². The summed E-state index contributed by atoms with van der Waals surface area (Å²) < 4.78 is 0. The summed E-state index contributed by atoms with van der Waals surface area (Å²) in [5.41, 5.74) is 8.01. The van der Waals surface area contributed by atoms with E-state index >= 15 is 0 Å². The monoisotopic (exact) mass is 150 g/mol. The lowest BCUT2D eigenvalue weighted by atomic mass is 10.1. The molecule has 1 rings (SSSR count). The molecule has 0 saturated carbocycles. The van der Waals surface area contributed by atoms with E-state index in [9.17, 15) is 0 Å². The molecule has 4 nitrogen and oxygen atoms in total. The highest BCUT2D eigenvalue weighted by Gasteiger charge is 2.12.